The van der Waals surface area contributed by atoms with Gasteiger partial charge in [-0.15, -0.1) is 11.8 Å². The Morgan fingerprint density at radius 2 is 1.83 bits per heavy atom. The van der Waals surface area contributed by atoms with Gasteiger partial charge in [-0.05, 0) is 82.3 Å². The number of hydrogen-bond acceptors (Lipinski definition) is 9. The van der Waals surface area contributed by atoms with Crippen LogP contribution in [0.15, 0.2) is 53.7 Å². The average molecular weight is 585 g/mol. The third kappa shape index (κ3) is 5.05. The van der Waals surface area contributed by atoms with Crippen molar-refractivity contribution in [3.8, 4) is 5.75 Å². The Morgan fingerprint density at radius 1 is 1.02 bits per heavy atom. The molecule has 0 aliphatic carbocycles. The van der Waals surface area contributed by atoms with E-state index in [1.165, 1.54) is 32.4 Å². The molecule has 3 aliphatic rings. The average Bonchev–Trinajstić information content (AvgIpc) is 3.52. The highest BCUT2D eigenvalue weighted by atomic mass is 32.2. The number of likely N-dealkylation sites (tertiary alicyclic amines) is 2. The van der Waals surface area contributed by atoms with Crippen LogP contribution >= 0.6 is 11.8 Å². The van der Waals surface area contributed by atoms with Gasteiger partial charge in [0, 0.05) is 29.6 Å². The van der Waals surface area contributed by atoms with E-state index in [9.17, 15) is 4.79 Å². The van der Waals surface area contributed by atoms with Gasteiger partial charge in [0.05, 0.1) is 17.7 Å². The number of nitrogens with zero attached hydrogens (tertiary/aromatic N) is 6. The molecule has 3 aliphatic heterocycles. The maximum Gasteiger partial charge on any atom is 0.253 e. The third-order valence-corrected chi connectivity index (χ3v) is 9.41. The molecule has 2 aromatic carbocycles. The number of carbonyl (C=O) groups is 1. The summed E-state index contributed by atoms with van der Waals surface area (Å²) in [4.78, 5) is 38.7. The van der Waals surface area contributed by atoms with Crippen LogP contribution in [0.4, 0.5) is 23.1 Å². The second-order valence-electron chi connectivity index (χ2n) is 11.2. The van der Waals surface area contributed by atoms with Crippen LogP contribution in [0.1, 0.15) is 49.4 Å². The van der Waals surface area contributed by atoms with Gasteiger partial charge in [-0.25, -0.2) is 4.98 Å². The van der Waals surface area contributed by atoms with E-state index < -0.39 is 6.23 Å². The molecule has 7 rings (SSSR count). The maximum absolute atomic E-state index is 13.7. The first-order chi connectivity index (χ1) is 20.6. The van der Waals surface area contributed by atoms with Crippen LogP contribution < -0.4 is 15.0 Å². The number of ether oxygens (including phenoxy) is 1. The van der Waals surface area contributed by atoms with Gasteiger partial charge in [-0.1, -0.05) is 18.6 Å². The van der Waals surface area contributed by atoms with Gasteiger partial charge in [0.25, 0.3) is 5.91 Å². The lowest BCUT2D eigenvalue weighted by Crippen LogP contribution is -2.48. The highest BCUT2D eigenvalue weighted by Gasteiger charge is 2.31. The number of para-hydroxylation sites is 1. The van der Waals surface area contributed by atoms with E-state index in [-0.39, 0.29) is 5.91 Å². The summed E-state index contributed by atoms with van der Waals surface area (Å²) >= 11 is 1.66. The number of rotatable bonds is 4. The molecule has 2 bridgehead atoms. The van der Waals surface area contributed by atoms with Crippen molar-refractivity contribution in [1.82, 2.24) is 29.7 Å². The van der Waals surface area contributed by atoms with E-state index in [0.717, 1.165) is 36.5 Å². The lowest BCUT2D eigenvalue weighted by Gasteiger charge is -2.40. The quantitative estimate of drug-likeness (QED) is 0.289. The topological polar surface area (TPSA) is 103 Å². The molecule has 0 spiro atoms. The number of benzene rings is 2. The van der Waals surface area contributed by atoms with Crippen molar-refractivity contribution in [3.63, 3.8) is 0 Å². The van der Waals surface area contributed by atoms with Crippen LogP contribution in [0.2, 0.25) is 0 Å². The molecule has 1 atom stereocenters. The molecule has 2 aromatic heterocycles. The molecule has 5 heterocycles. The number of carbonyl (C=O) groups excluding carboxylic acids is 1. The molecular formula is C31H36N8O2S. The number of H-pyrrole nitrogens is 1. The molecule has 0 radical (unpaired) electrons. The summed E-state index contributed by atoms with van der Waals surface area (Å²) in [5, 5.41) is 3.34. The number of nitrogens with one attached hydrogen (secondary N) is 2. The summed E-state index contributed by atoms with van der Waals surface area (Å²) in [6.07, 6.45) is 9.21. The highest BCUT2D eigenvalue weighted by Crippen LogP contribution is 2.40. The Labute approximate surface area is 249 Å². The van der Waals surface area contributed by atoms with E-state index in [2.05, 4.69) is 48.5 Å². The van der Waals surface area contributed by atoms with Crippen molar-refractivity contribution in [2.75, 3.05) is 42.7 Å². The number of imidazole rings is 1. The van der Waals surface area contributed by atoms with E-state index in [0.29, 0.717) is 46.0 Å². The summed E-state index contributed by atoms with van der Waals surface area (Å²) in [5.74, 6) is 1.68. The number of fused-ring (bicyclic) bond motifs is 5. The van der Waals surface area contributed by atoms with E-state index in [1.807, 2.05) is 42.2 Å². The summed E-state index contributed by atoms with van der Waals surface area (Å²) in [7, 11) is 0. The Morgan fingerprint density at radius 3 is 2.64 bits per heavy atom. The molecule has 42 heavy (non-hydrogen) atoms. The predicted molar refractivity (Wildman–Crippen MR) is 166 cm³/mol. The predicted octanol–water partition coefficient (Wildman–Crippen LogP) is 5.79. The molecule has 2 saturated heterocycles. The van der Waals surface area contributed by atoms with Crippen molar-refractivity contribution in [2.24, 2.45) is 0 Å². The Kier molecular flexibility index (Phi) is 7.37. The lowest BCUT2D eigenvalue weighted by atomic mass is 9.99. The van der Waals surface area contributed by atoms with Crippen LogP contribution in [0, 0.1) is 0 Å². The zero-order valence-corrected chi connectivity index (χ0v) is 24.9. The number of aromatic nitrogens is 4. The molecular weight excluding hydrogens is 548 g/mol. The summed E-state index contributed by atoms with van der Waals surface area (Å²) in [6.45, 7) is 5.95. The second-order valence-corrected chi connectivity index (χ2v) is 12.0. The monoisotopic (exact) mass is 584 g/mol. The van der Waals surface area contributed by atoms with Crippen molar-refractivity contribution in [3.05, 3.63) is 54.4 Å². The van der Waals surface area contributed by atoms with Gasteiger partial charge in [-0.3, -0.25) is 9.69 Å². The zero-order valence-electron chi connectivity index (χ0n) is 24.0. The van der Waals surface area contributed by atoms with Crippen LogP contribution in [0.3, 0.4) is 0 Å². The third-order valence-electron chi connectivity index (χ3n) is 8.63. The molecule has 11 heteroatoms. The fraction of sp³-hybridized carbons (Fsp3) is 0.419. The summed E-state index contributed by atoms with van der Waals surface area (Å²) in [6, 6.07) is 14.4. The molecule has 10 nitrogen and oxygen atoms in total. The van der Waals surface area contributed by atoms with Gasteiger partial charge in [0.15, 0.2) is 23.2 Å². The lowest BCUT2D eigenvalue weighted by molar-refractivity contribution is 0.0589. The second kappa shape index (κ2) is 11.4. The summed E-state index contributed by atoms with van der Waals surface area (Å²) in [5.41, 5.74) is 3.56. The molecule has 1 amide bonds. The molecule has 4 aromatic rings. The van der Waals surface area contributed by atoms with E-state index in [4.69, 9.17) is 9.72 Å². The number of amides is 1. The minimum absolute atomic E-state index is 0.0462. The van der Waals surface area contributed by atoms with Crippen molar-refractivity contribution in [2.45, 2.75) is 56.2 Å². The van der Waals surface area contributed by atoms with Gasteiger partial charge >= 0.3 is 0 Å². The Balaban J connectivity index is 1.20. The first-order valence-corrected chi connectivity index (χ1v) is 16.1. The fourth-order valence-corrected chi connectivity index (χ4v) is 7.06. The Bertz CT molecular complexity index is 1600. The van der Waals surface area contributed by atoms with Gasteiger partial charge in [0.1, 0.15) is 5.75 Å². The molecule has 2 N–H and O–H groups in total. The zero-order chi connectivity index (χ0) is 28.6. The van der Waals surface area contributed by atoms with Gasteiger partial charge < -0.3 is 24.8 Å². The smallest absolute Gasteiger partial charge is 0.253 e. The highest BCUT2D eigenvalue weighted by molar-refractivity contribution is 7.98. The van der Waals surface area contributed by atoms with Crippen LogP contribution in [0.25, 0.3) is 11.2 Å². The fourth-order valence-electron chi connectivity index (χ4n) is 6.47. The molecule has 1 unspecified atom stereocenters. The largest absolute Gasteiger partial charge is 0.468 e. The van der Waals surface area contributed by atoms with Crippen molar-refractivity contribution in [1.29, 1.82) is 0 Å². The first-order valence-electron chi connectivity index (χ1n) is 14.8. The number of anilines is 4. The number of hydrogen-bond donors (Lipinski definition) is 2. The number of aromatic amines is 1. The minimum Gasteiger partial charge on any atom is -0.468 e. The van der Waals surface area contributed by atoms with Crippen LogP contribution in [-0.4, -0.2) is 80.3 Å². The molecule has 218 valence electrons. The minimum atomic E-state index is -0.467. The first kappa shape index (κ1) is 27.0. The van der Waals surface area contributed by atoms with E-state index >= 15 is 0 Å². The number of thioether (sulfide) groups is 1. The number of piperidine rings is 2. The van der Waals surface area contributed by atoms with Crippen LogP contribution in [-0.2, 0) is 0 Å². The standard InChI is InChI=1S/C31H36N8O2S/c1-20-39(24-8-4-5-9-26(24)42-2)29-27-28(33-19-32-27)35-31(36-29)34-23-11-10-21(18-25(23)41-20)30(40)38-16-12-22(13-17-38)37-14-6-3-7-15-37/h4-5,8-11,18-20,22H,3,6-7,12-17H2,1-2H3,(H2,32,33,34,35,36). The van der Waals surface area contributed by atoms with Crippen molar-refractivity contribution < 1.29 is 9.53 Å². The molecule has 2 fully saturated rings. The molecule has 0 saturated carbocycles. The van der Waals surface area contributed by atoms with Crippen molar-refractivity contribution >= 4 is 52.0 Å². The van der Waals surface area contributed by atoms with Gasteiger partial charge in [0.2, 0.25) is 5.95 Å². The van der Waals surface area contributed by atoms with Gasteiger partial charge in [-0.2, -0.15) is 9.97 Å². The van der Waals surface area contributed by atoms with Crippen LogP contribution in [0.5, 0.6) is 5.75 Å². The SMILES string of the molecule is CSc1ccccc1N1c2nc(nc3[nH]cnc23)Nc2ccc(C(=O)N3CCC(N4CCCCC4)CC3)cc2OC1C. The van der Waals surface area contributed by atoms with E-state index in [1.54, 1.807) is 18.1 Å². The summed E-state index contributed by atoms with van der Waals surface area (Å²) < 4.78 is 6.66. The maximum atomic E-state index is 13.7. The normalized spacial score (nSPS) is 19.8. The Hall–Kier alpha value is -3.83.